The average molecular weight is 316 g/mol. The van der Waals surface area contributed by atoms with Gasteiger partial charge in [0.05, 0.1) is 7.11 Å². The predicted octanol–water partition coefficient (Wildman–Crippen LogP) is 1.93. The average Bonchev–Trinajstić information content (AvgIpc) is 3.10. The fourth-order valence-corrected chi connectivity index (χ4v) is 2.00. The highest BCUT2D eigenvalue weighted by Gasteiger charge is 2.18. The summed E-state index contributed by atoms with van der Waals surface area (Å²) in [6.45, 7) is 2.01. The minimum Gasteiger partial charge on any atom is -0.497 e. The zero-order chi connectivity index (χ0) is 16.7. The molecule has 0 radical (unpaired) electrons. The van der Waals surface area contributed by atoms with Crippen LogP contribution in [0.4, 0.5) is 0 Å². The van der Waals surface area contributed by atoms with Gasteiger partial charge in [0.2, 0.25) is 0 Å². The summed E-state index contributed by atoms with van der Waals surface area (Å²) in [5, 5.41) is 2.75. The predicted molar refractivity (Wildman–Crippen MR) is 85.4 cm³/mol. The van der Waals surface area contributed by atoms with Gasteiger partial charge in [-0.15, -0.1) is 0 Å². The van der Waals surface area contributed by atoms with Crippen molar-refractivity contribution in [2.24, 2.45) is 0 Å². The lowest BCUT2D eigenvalue weighted by molar-refractivity contribution is -0.129. The quantitative estimate of drug-likeness (QED) is 0.765. The molecule has 23 heavy (non-hydrogen) atoms. The fraction of sp³-hybridized carbons (Fsp3) is 0.294. The highest BCUT2D eigenvalue weighted by molar-refractivity contribution is 5.90. The van der Waals surface area contributed by atoms with Crippen LogP contribution in [0, 0.1) is 0 Å². The minimum atomic E-state index is -0.846. The first-order valence-corrected chi connectivity index (χ1v) is 7.35. The molecular formula is C17H20N2O4. The maximum absolute atomic E-state index is 11.9. The van der Waals surface area contributed by atoms with Gasteiger partial charge < -0.3 is 19.8 Å². The number of aromatic nitrogens is 1. The van der Waals surface area contributed by atoms with Gasteiger partial charge >= 0.3 is 5.97 Å². The number of esters is 1. The van der Waals surface area contributed by atoms with E-state index in [9.17, 15) is 9.59 Å². The van der Waals surface area contributed by atoms with E-state index < -0.39 is 12.1 Å². The molecule has 0 aliphatic heterocycles. The third-order valence-electron chi connectivity index (χ3n) is 3.34. The van der Waals surface area contributed by atoms with Crippen molar-refractivity contribution in [3.63, 3.8) is 0 Å². The number of amides is 1. The van der Waals surface area contributed by atoms with E-state index in [1.807, 2.05) is 24.3 Å². The molecule has 1 atom stereocenters. The van der Waals surface area contributed by atoms with E-state index in [4.69, 9.17) is 9.47 Å². The first-order valence-electron chi connectivity index (χ1n) is 7.35. The van der Waals surface area contributed by atoms with Gasteiger partial charge in [-0.05, 0) is 43.2 Å². The Bertz CT molecular complexity index is 635. The normalized spacial score (nSPS) is 11.6. The van der Waals surface area contributed by atoms with Crippen LogP contribution in [0.1, 0.15) is 23.0 Å². The van der Waals surface area contributed by atoms with Crippen molar-refractivity contribution < 1.29 is 19.1 Å². The molecule has 0 fully saturated rings. The minimum absolute atomic E-state index is 0.321. The van der Waals surface area contributed by atoms with Crippen molar-refractivity contribution in [3.05, 3.63) is 53.9 Å². The summed E-state index contributed by atoms with van der Waals surface area (Å²) < 4.78 is 10.2. The summed E-state index contributed by atoms with van der Waals surface area (Å²) >= 11 is 0. The topological polar surface area (TPSA) is 80.4 Å². The number of carbonyl (C=O) groups is 2. The van der Waals surface area contributed by atoms with E-state index in [1.165, 1.54) is 0 Å². The highest BCUT2D eigenvalue weighted by atomic mass is 16.5. The molecule has 0 aliphatic rings. The Morgan fingerprint density at radius 1 is 1.22 bits per heavy atom. The van der Waals surface area contributed by atoms with Crippen LogP contribution in [-0.4, -0.2) is 36.6 Å². The summed E-state index contributed by atoms with van der Waals surface area (Å²) in [4.78, 5) is 26.4. The molecule has 1 amide bonds. The number of aromatic amines is 1. The number of hydrogen-bond acceptors (Lipinski definition) is 4. The molecule has 0 unspecified atom stereocenters. The fourth-order valence-electron chi connectivity index (χ4n) is 2.00. The number of ether oxygens (including phenoxy) is 2. The smallest absolute Gasteiger partial charge is 0.355 e. The van der Waals surface area contributed by atoms with Crippen LogP contribution >= 0.6 is 0 Å². The summed E-state index contributed by atoms with van der Waals surface area (Å²) in [5.74, 6) is -0.0751. The molecule has 2 N–H and O–H groups in total. The summed E-state index contributed by atoms with van der Waals surface area (Å²) in [6, 6.07) is 10.9. The Morgan fingerprint density at radius 3 is 2.57 bits per heavy atom. The number of carbonyl (C=O) groups excluding carboxylic acids is 2. The van der Waals surface area contributed by atoms with E-state index in [0.717, 1.165) is 11.3 Å². The first kappa shape index (κ1) is 16.6. The number of rotatable bonds is 7. The van der Waals surface area contributed by atoms with Crippen LogP contribution in [0.15, 0.2) is 42.6 Å². The molecule has 1 heterocycles. The van der Waals surface area contributed by atoms with Gasteiger partial charge in [-0.3, -0.25) is 4.79 Å². The summed E-state index contributed by atoms with van der Waals surface area (Å²) in [7, 11) is 1.62. The van der Waals surface area contributed by atoms with Gasteiger partial charge in [0.1, 0.15) is 11.4 Å². The van der Waals surface area contributed by atoms with Crippen molar-refractivity contribution in [1.82, 2.24) is 10.3 Å². The van der Waals surface area contributed by atoms with Gasteiger partial charge in [-0.2, -0.15) is 0 Å². The second kappa shape index (κ2) is 8.03. The van der Waals surface area contributed by atoms with Gasteiger partial charge in [-0.25, -0.2) is 4.79 Å². The van der Waals surface area contributed by atoms with Crippen molar-refractivity contribution in [3.8, 4) is 5.75 Å². The second-order valence-corrected chi connectivity index (χ2v) is 5.02. The van der Waals surface area contributed by atoms with Gasteiger partial charge in [0.25, 0.3) is 5.91 Å². The summed E-state index contributed by atoms with van der Waals surface area (Å²) in [5.41, 5.74) is 1.41. The van der Waals surface area contributed by atoms with Gasteiger partial charge in [-0.1, -0.05) is 12.1 Å². The highest BCUT2D eigenvalue weighted by Crippen LogP contribution is 2.11. The molecule has 1 aromatic heterocycles. The maximum atomic E-state index is 11.9. The van der Waals surface area contributed by atoms with E-state index >= 15 is 0 Å². The number of methoxy groups -OCH3 is 1. The Kier molecular flexibility index (Phi) is 5.80. The Labute approximate surface area is 134 Å². The first-order chi connectivity index (χ1) is 11.1. The number of nitrogens with one attached hydrogen (secondary N) is 2. The van der Waals surface area contributed by atoms with Crippen LogP contribution < -0.4 is 10.1 Å². The van der Waals surface area contributed by atoms with Crippen LogP contribution in [-0.2, 0) is 16.0 Å². The molecule has 0 saturated carbocycles. The molecular weight excluding hydrogens is 296 g/mol. The van der Waals surface area contributed by atoms with Crippen LogP contribution in [0.3, 0.4) is 0 Å². The number of benzene rings is 1. The van der Waals surface area contributed by atoms with E-state index in [0.29, 0.717) is 18.7 Å². The third-order valence-corrected chi connectivity index (χ3v) is 3.34. The molecule has 2 rings (SSSR count). The molecule has 0 spiro atoms. The largest absolute Gasteiger partial charge is 0.497 e. The zero-order valence-corrected chi connectivity index (χ0v) is 13.2. The lowest BCUT2D eigenvalue weighted by Gasteiger charge is -2.13. The lowest BCUT2D eigenvalue weighted by atomic mass is 10.1. The number of H-pyrrole nitrogens is 1. The maximum Gasteiger partial charge on any atom is 0.355 e. The standard InChI is InChI=1S/C17H20N2O4/c1-12(23-17(21)15-4-3-10-18-15)16(20)19-11-9-13-5-7-14(22-2)8-6-13/h3-8,10,12,18H,9,11H2,1-2H3,(H,19,20)/t12-/m1/s1. The van der Waals surface area contributed by atoms with E-state index in [-0.39, 0.29) is 5.91 Å². The van der Waals surface area contributed by atoms with Gasteiger partial charge in [0.15, 0.2) is 6.10 Å². The summed E-state index contributed by atoms with van der Waals surface area (Å²) in [6.07, 6.45) is 1.46. The van der Waals surface area contributed by atoms with Crippen LogP contribution in [0.5, 0.6) is 5.75 Å². The molecule has 122 valence electrons. The van der Waals surface area contributed by atoms with E-state index in [2.05, 4.69) is 10.3 Å². The van der Waals surface area contributed by atoms with Crippen LogP contribution in [0.2, 0.25) is 0 Å². The monoisotopic (exact) mass is 316 g/mol. The van der Waals surface area contributed by atoms with Crippen molar-refractivity contribution in [2.75, 3.05) is 13.7 Å². The van der Waals surface area contributed by atoms with Crippen LogP contribution in [0.25, 0.3) is 0 Å². The number of hydrogen-bond donors (Lipinski definition) is 2. The zero-order valence-electron chi connectivity index (χ0n) is 13.2. The molecule has 6 heteroatoms. The third kappa shape index (κ3) is 4.88. The molecule has 1 aromatic carbocycles. The van der Waals surface area contributed by atoms with Crippen molar-refractivity contribution in [2.45, 2.75) is 19.4 Å². The van der Waals surface area contributed by atoms with E-state index in [1.54, 1.807) is 32.4 Å². The Hall–Kier alpha value is -2.76. The van der Waals surface area contributed by atoms with Gasteiger partial charge in [0, 0.05) is 12.7 Å². The van der Waals surface area contributed by atoms with Crippen molar-refractivity contribution >= 4 is 11.9 Å². The molecule has 6 nitrogen and oxygen atoms in total. The Balaban J connectivity index is 1.74. The Morgan fingerprint density at radius 2 is 1.96 bits per heavy atom. The molecule has 0 aliphatic carbocycles. The molecule has 0 bridgehead atoms. The second-order valence-electron chi connectivity index (χ2n) is 5.02. The molecule has 2 aromatic rings. The molecule has 0 saturated heterocycles. The van der Waals surface area contributed by atoms with Crippen molar-refractivity contribution in [1.29, 1.82) is 0 Å². The lowest BCUT2D eigenvalue weighted by Crippen LogP contribution is -2.36. The SMILES string of the molecule is COc1ccc(CCNC(=O)[C@@H](C)OC(=O)c2ccc[nH]2)cc1.